The first-order valence-corrected chi connectivity index (χ1v) is 12.4. The molecule has 3 aromatic carbocycles. The molecule has 12 heteroatoms. The van der Waals surface area contributed by atoms with Gasteiger partial charge in [0.15, 0.2) is 5.69 Å². The molecule has 0 radical (unpaired) electrons. The summed E-state index contributed by atoms with van der Waals surface area (Å²) in [5.41, 5.74) is 0.672. The Labute approximate surface area is 232 Å². The molecule has 3 aromatic rings. The highest BCUT2D eigenvalue weighted by Gasteiger charge is 2.16. The van der Waals surface area contributed by atoms with Crippen molar-refractivity contribution in [2.24, 2.45) is 20.5 Å². The molecule has 0 heterocycles. The van der Waals surface area contributed by atoms with Crippen LogP contribution in [0.5, 0.6) is 11.5 Å². The highest BCUT2D eigenvalue weighted by Crippen LogP contribution is 2.42. The molecule has 12 nitrogen and oxygen atoms in total. The average Bonchev–Trinajstić information content (AvgIpc) is 2.91. The summed E-state index contributed by atoms with van der Waals surface area (Å²) < 4.78 is 10.6. The number of likely N-dealkylation sites (N-methyl/N-ethyl adjacent to an activating group) is 2. The third-order valence-electron chi connectivity index (χ3n) is 5.37. The standard InChI is InChI=1S/C28H32N6O6/c1-33(2)13-15-39-27(37)20-9-5-7-11-22(20)29-31-24-17-19(35)18-25(36)26(24)32-30-23-12-8-6-10-21(23)28(38)40-16-14-34(3)4/h5-12,17-18,35-36H,13-16H2,1-4H3. The predicted octanol–water partition coefficient (Wildman–Crippen LogP) is 5.37. The fourth-order valence-corrected chi connectivity index (χ4v) is 3.24. The first kappa shape index (κ1) is 29.9. The highest BCUT2D eigenvalue weighted by molar-refractivity contribution is 5.95. The minimum absolute atomic E-state index is 0.0249. The molecule has 0 amide bonds. The summed E-state index contributed by atoms with van der Waals surface area (Å²) >= 11 is 0. The van der Waals surface area contributed by atoms with E-state index in [-0.39, 0.29) is 52.8 Å². The summed E-state index contributed by atoms with van der Waals surface area (Å²) in [5.74, 6) is -1.84. The van der Waals surface area contributed by atoms with Gasteiger partial charge >= 0.3 is 11.9 Å². The number of azo groups is 2. The Morgan fingerprint density at radius 1 is 0.675 bits per heavy atom. The molecule has 0 saturated heterocycles. The number of phenolic OH excluding ortho intramolecular Hbond substituents is 2. The van der Waals surface area contributed by atoms with E-state index in [9.17, 15) is 19.8 Å². The van der Waals surface area contributed by atoms with Gasteiger partial charge in [0.2, 0.25) is 0 Å². The molecule has 0 fully saturated rings. The lowest BCUT2D eigenvalue weighted by molar-refractivity contribution is 0.0473. The minimum atomic E-state index is -0.569. The molecule has 0 saturated carbocycles. The van der Waals surface area contributed by atoms with Gasteiger partial charge in [-0.15, -0.1) is 20.5 Å². The maximum Gasteiger partial charge on any atom is 0.340 e. The van der Waals surface area contributed by atoms with Crippen molar-refractivity contribution >= 4 is 34.7 Å². The van der Waals surface area contributed by atoms with E-state index in [2.05, 4.69) is 20.5 Å². The number of benzene rings is 3. The van der Waals surface area contributed by atoms with Crippen molar-refractivity contribution in [1.82, 2.24) is 9.80 Å². The third-order valence-corrected chi connectivity index (χ3v) is 5.37. The van der Waals surface area contributed by atoms with E-state index in [0.29, 0.717) is 13.1 Å². The van der Waals surface area contributed by atoms with E-state index in [1.807, 2.05) is 38.0 Å². The summed E-state index contributed by atoms with van der Waals surface area (Å²) in [7, 11) is 7.47. The van der Waals surface area contributed by atoms with Crippen LogP contribution in [-0.2, 0) is 9.47 Å². The molecule has 0 aromatic heterocycles. The van der Waals surface area contributed by atoms with Crippen LogP contribution in [0.1, 0.15) is 20.7 Å². The number of carbonyl (C=O) groups is 2. The largest absolute Gasteiger partial charge is 0.508 e. The van der Waals surface area contributed by atoms with Gasteiger partial charge < -0.3 is 29.5 Å². The number of hydrogen-bond acceptors (Lipinski definition) is 12. The lowest BCUT2D eigenvalue weighted by Crippen LogP contribution is -2.20. The molecule has 0 bridgehead atoms. The molecule has 210 valence electrons. The van der Waals surface area contributed by atoms with Crippen molar-refractivity contribution < 1.29 is 29.3 Å². The Hall–Kier alpha value is -4.68. The lowest BCUT2D eigenvalue weighted by atomic mass is 10.2. The van der Waals surface area contributed by atoms with Gasteiger partial charge in [-0.25, -0.2) is 9.59 Å². The molecule has 0 atom stereocenters. The quantitative estimate of drug-likeness (QED) is 0.227. The maximum absolute atomic E-state index is 12.6. The first-order valence-electron chi connectivity index (χ1n) is 12.4. The summed E-state index contributed by atoms with van der Waals surface area (Å²) in [4.78, 5) is 28.9. The molecular formula is C28H32N6O6. The van der Waals surface area contributed by atoms with E-state index in [0.717, 1.165) is 6.07 Å². The van der Waals surface area contributed by atoms with Gasteiger partial charge in [-0.05, 0) is 52.5 Å². The first-order chi connectivity index (χ1) is 19.2. The Balaban J connectivity index is 1.88. The number of ether oxygens (including phenoxy) is 2. The summed E-state index contributed by atoms with van der Waals surface area (Å²) in [6, 6.07) is 15.3. The van der Waals surface area contributed by atoms with Crippen LogP contribution in [0.4, 0.5) is 22.7 Å². The minimum Gasteiger partial charge on any atom is -0.508 e. The van der Waals surface area contributed by atoms with Crippen LogP contribution in [0.15, 0.2) is 81.1 Å². The SMILES string of the molecule is CN(C)CCOC(=O)c1ccccc1N=Nc1cc(O)cc(O)c1N=Nc1ccccc1C(=O)OCCN(C)C. The second-order valence-electron chi connectivity index (χ2n) is 9.15. The predicted molar refractivity (Wildman–Crippen MR) is 149 cm³/mol. The molecule has 3 rings (SSSR count). The summed E-state index contributed by atoms with van der Waals surface area (Å²) in [6.07, 6.45) is 0. The Morgan fingerprint density at radius 3 is 1.62 bits per heavy atom. The molecule has 2 N–H and O–H groups in total. The van der Waals surface area contributed by atoms with Gasteiger partial charge in [-0.1, -0.05) is 24.3 Å². The fourth-order valence-electron chi connectivity index (χ4n) is 3.24. The Bertz CT molecular complexity index is 1390. The number of phenols is 2. The summed E-state index contributed by atoms with van der Waals surface area (Å²) in [5, 5.41) is 37.0. The van der Waals surface area contributed by atoms with E-state index in [1.165, 1.54) is 6.07 Å². The van der Waals surface area contributed by atoms with Crippen molar-refractivity contribution in [1.29, 1.82) is 0 Å². The number of esters is 2. The average molecular weight is 549 g/mol. The van der Waals surface area contributed by atoms with E-state index >= 15 is 0 Å². The number of nitrogens with zero attached hydrogens (tertiary/aromatic N) is 6. The number of hydrogen-bond donors (Lipinski definition) is 2. The van der Waals surface area contributed by atoms with Gasteiger partial charge in [0.05, 0.1) is 11.1 Å². The zero-order valence-electron chi connectivity index (χ0n) is 22.8. The molecule has 40 heavy (non-hydrogen) atoms. The van der Waals surface area contributed by atoms with Crippen LogP contribution in [0.25, 0.3) is 0 Å². The smallest absolute Gasteiger partial charge is 0.340 e. The number of aromatic hydroxyl groups is 2. The second kappa shape index (κ2) is 14.5. The van der Waals surface area contributed by atoms with Crippen molar-refractivity contribution in [3.63, 3.8) is 0 Å². The fraction of sp³-hybridized carbons (Fsp3) is 0.286. The van der Waals surface area contributed by atoms with Crippen LogP contribution in [0.3, 0.4) is 0 Å². The van der Waals surface area contributed by atoms with Gasteiger partial charge in [0.1, 0.15) is 41.8 Å². The normalized spacial score (nSPS) is 11.6. The van der Waals surface area contributed by atoms with Crippen molar-refractivity contribution in [3.05, 3.63) is 71.8 Å². The van der Waals surface area contributed by atoms with E-state index in [1.54, 1.807) is 48.5 Å². The lowest BCUT2D eigenvalue weighted by Gasteiger charge is -2.11. The van der Waals surface area contributed by atoms with Gasteiger partial charge in [0, 0.05) is 25.2 Å². The molecular weight excluding hydrogens is 516 g/mol. The second-order valence-corrected chi connectivity index (χ2v) is 9.15. The number of rotatable bonds is 12. The molecule has 0 aliphatic heterocycles. The molecule has 0 aliphatic rings. The van der Waals surface area contributed by atoms with Gasteiger partial charge in [-0.3, -0.25) is 0 Å². The number of carbonyl (C=O) groups excluding carboxylic acids is 2. The van der Waals surface area contributed by atoms with Crippen molar-refractivity contribution in [2.45, 2.75) is 0 Å². The van der Waals surface area contributed by atoms with Crippen molar-refractivity contribution in [3.8, 4) is 11.5 Å². The zero-order valence-corrected chi connectivity index (χ0v) is 22.8. The summed E-state index contributed by atoms with van der Waals surface area (Å²) in [6.45, 7) is 1.52. The van der Waals surface area contributed by atoms with Crippen LogP contribution >= 0.6 is 0 Å². The molecule has 0 spiro atoms. The van der Waals surface area contributed by atoms with Crippen molar-refractivity contribution in [2.75, 3.05) is 54.5 Å². The topological polar surface area (TPSA) is 149 Å². The van der Waals surface area contributed by atoms with Crippen LogP contribution < -0.4 is 0 Å². The Morgan fingerprint density at radius 2 is 1.12 bits per heavy atom. The van der Waals surface area contributed by atoms with E-state index in [4.69, 9.17) is 9.47 Å². The van der Waals surface area contributed by atoms with Gasteiger partial charge in [0.25, 0.3) is 0 Å². The van der Waals surface area contributed by atoms with Crippen LogP contribution in [0.2, 0.25) is 0 Å². The highest BCUT2D eigenvalue weighted by atomic mass is 16.5. The van der Waals surface area contributed by atoms with Crippen LogP contribution in [0, 0.1) is 0 Å². The van der Waals surface area contributed by atoms with E-state index < -0.39 is 17.7 Å². The zero-order chi connectivity index (χ0) is 29.1. The third kappa shape index (κ3) is 8.68. The Kier molecular flexibility index (Phi) is 10.8. The van der Waals surface area contributed by atoms with Gasteiger partial charge in [-0.2, -0.15) is 0 Å². The van der Waals surface area contributed by atoms with Crippen LogP contribution in [-0.4, -0.2) is 86.4 Å². The maximum atomic E-state index is 12.6. The monoisotopic (exact) mass is 548 g/mol. The molecule has 0 unspecified atom stereocenters. The molecule has 0 aliphatic carbocycles.